The number of hydrogen-bond donors (Lipinski definition) is 3. The zero-order chi connectivity index (χ0) is 15.1. The zero-order valence-corrected chi connectivity index (χ0v) is 12.0. The van der Waals surface area contributed by atoms with Gasteiger partial charge in [-0.1, -0.05) is 43.9 Å². The van der Waals surface area contributed by atoms with Crippen LogP contribution >= 0.6 is 0 Å². The van der Waals surface area contributed by atoms with Crippen LogP contribution in [-0.2, 0) is 9.59 Å². The molecule has 1 aromatic rings. The second-order valence-corrected chi connectivity index (χ2v) is 5.52. The Hall–Kier alpha value is -2.04. The van der Waals surface area contributed by atoms with Gasteiger partial charge in [0, 0.05) is 0 Å². The lowest BCUT2D eigenvalue weighted by atomic mass is 9.81. The molecule has 0 aromatic heterocycles. The van der Waals surface area contributed by atoms with Crippen molar-refractivity contribution in [3.05, 3.63) is 30.3 Å². The van der Waals surface area contributed by atoms with Crippen LogP contribution in [-0.4, -0.2) is 17.0 Å². The molecule has 1 amide bonds. The van der Waals surface area contributed by atoms with Gasteiger partial charge in [-0.3, -0.25) is 20.4 Å². The van der Waals surface area contributed by atoms with Gasteiger partial charge in [-0.05, 0) is 25.0 Å². The molecule has 0 saturated heterocycles. The second kappa shape index (κ2) is 7.67. The molecule has 114 valence electrons. The van der Waals surface area contributed by atoms with Crippen molar-refractivity contribution >= 4 is 17.6 Å². The Labute approximate surface area is 124 Å². The van der Waals surface area contributed by atoms with Crippen molar-refractivity contribution in [3.8, 4) is 0 Å². The minimum Gasteiger partial charge on any atom is -0.481 e. The van der Waals surface area contributed by atoms with E-state index in [1.165, 1.54) is 0 Å². The zero-order valence-electron chi connectivity index (χ0n) is 12.0. The summed E-state index contributed by atoms with van der Waals surface area (Å²) < 4.78 is 0. The Bertz CT molecular complexity index is 476. The van der Waals surface area contributed by atoms with Crippen LogP contribution in [0.5, 0.6) is 0 Å². The maximum absolute atomic E-state index is 12.3. The Morgan fingerprint density at radius 1 is 0.952 bits per heavy atom. The van der Waals surface area contributed by atoms with Crippen LogP contribution in [0.3, 0.4) is 0 Å². The number of anilines is 1. The average Bonchev–Trinajstić information content (AvgIpc) is 2.45. The molecule has 1 aromatic carbocycles. The van der Waals surface area contributed by atoms with Crippen molar-refractivity contribution in [3.63, 3.8) is 0 Å². The minimum absolute atomic E-state index is 0.229. The third-order valence-electron chi connectivity index (χ3n) is 4.02. The fraction of sp³-hybridized carbons (Fsp3) is 0.500. The van der Waals surface area contributed by atoms with Crippen molar-refractivity contribution in [1.82, 2.24) is 5.43 Å². The maximum atomic E-state index is 12.3. The quantitative estimate of drug-likeness (QED) is 0.745. The van der Waals surface area contributed by atoms with Crippen molar-refractivity contribution in [1.29, 1.82) is 0 Å². The van der Waals surface area contributed by atoms with Gasteiger partial charge in [0.05, 0.1) is 17.5 Å². The summed E-state index contributed by atoms with van der Waals surface area (Å²) in [4.78, 5) is 23.7. The molecule has 0 aliphatic heterocycles. The first-order chi connectivity index (χ1) is 10.2. The predicted octanol–water partition coefficient (Wildman–Crippen LogP) is 2.80. The molecule has 1 fully saturated rings. The number of carbonyl (C=O) groups is 2. The molecule has 0 spiro atoms. The molecule has 1 aliphatic carbocycles. The third-order valence-corrected chi connectivity index (χ3v) is 4.02. The highest BCUT2D eigenvalue weighted by atomic mass is 16.4. The van der Waals surface area contributed by atoms with Crippen LogP contribution in [0.2, 0.25) is 0 Å². The van der Waals surface area contributed by atoms with E-state index in [1.807, 2.05) is 30.3 Å². The van der Waals surface area contributed by atoms with Crippen LogP contribution in [0.25, 0.3) is 0 Å². The number of para-hydroxylation sites is 1. The summed E-state index contributed by atoms with van der Waals surface area (Å²) in [7, 11) is 0. The fourth-order valence-electron chi connectivity index (χ4n) is 2.84. The molecule has 2 rings (SSSR count). The number of hydrogen-bond acceptors (Lipinski definition) is 3. The monoisotopic (exact) mass is 290 g/mol. The van der Waals surface area contributed by atoms with Gasteiger partial charge in [-0.2, -0.15) is 0 Å². The molecule has 2 unspecified atom stereocenters. The fourth-order valence-corrected chi connectivity index (χ4v) is 2.84. The summed E-state index contributed by atoms with van der Waals surface area (Å²) >= 11 is 0. The van der Waals surface area contributed by atoms with Gasteiger partial charge in [-0.15, -0.1) is 0 Å². The van der Waals surface area contributed by atoms with Crippen molar-refractivity contribution < 1.29 is 14.7 Å². The van der Waals surface area contributed by atoms with Gasteiger partial charge in [0.1, 0.15) is 0 Å². The Balaban J connectivity index is 1.97. The van der Waals surface area contributed by atoms with Crippen LogP contribution in [0.1, 0.15) is 38.5 Å². The lowest BCUT2D eigenvalue weighted by Gasteiger charge is -2.25. The summed E-state index contributed by atoms with van der Waals surface area (Å²) in [5.41, 5.74) is 6.28. The van der Waals surface area contributed by atoms with E-state index < -0.39 is 17.8 Å². The number of carbonyl (C=O) groups excluding carboxylic acids is 1. The van der Waals surface area contributed by atoms with Crippen LogP contribution < -0.4 is 10.9 Å². The highest BCUT2D eigenvalue weighted by molar-refractivity contribution is 5.85. The molecule has 5 nitrogen and oxygen atoms in total. The Morgan fingerprint density at radius 2 is 1.57 bits per heavy atom. The summed E-state index contributed by atoms with van der Waals surface area (Å²) in [5, 5.41) is 9.36. The van der Waals surface area contributed by atoms with Gasteiger partial charge < -0.3 is 5.11 Å². The normalized spacial score (nSPS) is 22.7. The van der Waals surface area contributed by atoms with Crippen molar-refractivity contribution in [2.45, 2.75) is 38.5 Å². The first-order valence-electron chi connectivity index (χ1n) is 7.52. The number of amides is 1. The molecule has 21 heavy (non-hydrogen) atoms. The predicted molar refractivity (Wildman–Crippen MR) is 80.5 cm³/mol. The first-order valence-corrected chi connectivity index (χ1v) is 7.52. The molecule has 2 atom stereocenters. The molecule has 1 saturated carbocycles. The van der Waals surface area contributed by atoms with Crippen molar-refractivity contribution in [2.75, 3.05) is 5.43 Å². The van der Waals surface area contributed by atoms with Gasteiger partial charge in [-0.25, -0.2) is 0 Å². The molecular formula is C16H22N2O3. The van der Waals surface area contributed by atoms with Gasteiger partial charge in [0.15, 0.2) is 0 Å². The SMILES string of the molecule is O=C(O)C1CCCCCCC1C(=O)NNc1ccccc1. The Morgan fingerprint density at radius 3 is 2.19 bits per heavy atom. The van der Waals surface area contributed by atoms with E-state index in [9.17, 15) is 14.7 Å². The van der Waals surface area contributed by atoms with E-state index in [2.05, 4.69) is 10.9 Å². The van der Waals surface area contributed by atoms with Crippen LogP contribution in [0.4, 0.5) is 5.69 Å². The maximum Gasteiger partial charge on any atom is 0.307 e. The molecular weight excluding hydrogens is 268 g/mol. The van der Waals surface area contributed by atoms with Crippen LogP contribution in [0.15, 0.2) is 30.3 Å². The van der Waals surface area contributed by atoms with Gasteiger partial charge in [0.25, 0.3) is 0 Å². The summed E-state index contributed by atoms with van der Waals surface area (Å²) in [5.74, 6) is -2.13. The molecule has 0 bridgehead atoms. The standard InChI is InChI=1S/C16H22N2O3/c19-15(18-17-12-8-4-3-5-9-12)13-10-6-1-2-7-11-14(13)16(20)21/h3-5,8-9,13-14,17H,1-2,6-7,10-11H2,(H,18,19)(H,20,21). The number of carboxylic acids is 1. The first kappa shape index (κ1) is 15.4. The van der Waals surface area contributed by atoms with E-state index in [4.69, 9.17) is 0 Å². The number of hydrazine groups is 1. The number of carboxylic acid groups (broad SMARTS) is 1. The average molecular weight is 290 g/mol. The molecule has 5 heteroatoms. The highest BCUT2D eigenvalue weighted by Gasteiger charge is 2.33. The lowest BCUT2D eigenvalue weighted by molar-refractivity contribution is -0.148. The minimum atomic E-state index is -0.864. The molecule has 0 heterocycles. The summed E-state index contributed by atoms with van der Waals surface area (Å²) in [6.07, 6.45) is 5.14. The van der Waals surface area contributed by atoms with E-state index in [0.29, 0.717) is 12.8 Å². The van der Waals surface area contributed by atoms with Gasteiger partial charge >= 0.3 is 5.97 Å². The third kappa shape index (κ3) is 4.48. The topological polar surface area (TPSA) is 78.4 Å². The van der Waals surface area contributed by atoms with E-state index in [1.54, 1.807) is 0 Å². The lowest BCUT2D eigenvalue weighted by Crippen LogP contribution is -2.41. The van der Waals surface area contributed by atoms with Gasteiger partial charge in [0.2, 0.25) is 5.91 Å². The molecule has 0 radical (unpaired) electrons. The number of benzene rings is 1. The van der Waals surface area contributed by atoms with Crippen molar-refractivity contribution in [2.24, 2.45) is 11.8 Å². The largest absolute Gasteiger partial charge is 0.481 e. The number of rotatable bonds is 4. The second-order valence-electron chi connectivity index (χ2n) is 5.52. The Kier molecular flexibility index (Phi) is 5.60. The highest BCUT2D eigenvalue weighted by Crippen LogP contribution is 2.28. The number of nitrogens with one attached hydrogen (secondary N) is 2. The molecule has 1 aliphatic rings. The summed E-state index contributed by atoms with van der Waals surface area (Å²) in [6.45, 7) is 0. The van der Waals surface area contributed by atoms with Crippen LogP contribution in [0, 0.1) is 11.8 Å². The van der Waals surface area contributed by atoms with E-state index in [0.717, 1.165) is 31.4 Å². The smallest absolute Gasteiger partial charge is 0.307 e. The number of aliphatic carboxylic acids is 1. The summed E-state index contributed by atoms with van der Waals surface area (Å²) in [6, 6.07) is 9.30. The van der Waals surface area contributed by atoms with E-state index >= 15 is 0 Å². The van der Waals surface area contributed by atoms with E-state index in [-0.39, 0.29) is 5.91 Å². The molecule has 3 N–H and O–H groups in total.